The zero-order valence-corrected chi connectivity index (χ0v) is 13.6. The van der Waals surface area contributed by atoms with Gasteiger partial charge in [0.25, 0.3) is 5.91 Å². The molecule has 3 heterocycles. The maximum absolute atomic E-state index is 12.3. The SMILES string of the molecule is O=C(O)c1coc(C(=O)N2CCC(OCC3CCCCO3)CC2)c1. The van der Waals surface area contributed by atoms with Gasteiger partial charge in [0.1, 0.15) is 6.26 Å². The van der Waals surface area contributed by atoms with Crippen LogP contribution in [0.4, 0.5) is 0 Å². The summed E-state index contributed by atoms with van der Waals surface area (Å²) in [7, 11) is 0. The molecule has 132 valence electrons. The van der Waals surface area contributed by atoms with Crippen LogP contribution in [0.15, 0.2) is 16.7 Å². The predicted octanol–water partition coefficient (Wildman–Crippen LogP) is 2.17. The van der Waals surface area contributed by atoms with Crippen LogP contribution in [0, 0.1) is 0 Å². The number of piperidine rings is 1. The van der Waals surface area contributed by atoms with E-state index in [4.69, 9.17) is 19.0 Å². The standard InChI is InChI=1S/C17H23NO6/c19-16(15-9-12(10-24-15)17(20)21)18-6-4-13(5-7-18)23-11-14-3-1-2-8-22-14/h9-10,13-14H,1-8,11H2,(H,20,21). The summed E-state index contributed by atoms with van der Waals surface area (Å²) in [6.45, 7) is 2.61. The first kappa shape index (κ1) is 17.0. The van der Waals surface area contributed by atoms with Crippen molar-refractivity contribution < 1.29 is 28.6 Å². The van der Waals surface area contributed by atoms with Gasteiger partial charge in [-0.3, -0.25) is 4.79 Å². The number of aromatic carboxylic acids is 1. The van der Waals surface area contributed by atoms with E-state index in [0.29, 0.717) is 19.7 Å². The van der Waals surface area contributed by atoms with Gasteiger partial charge in [0.05, 0.1) is 24.4 Å². The Morgan fingerprint density at radius 1 is 1.25 bits per heavy atom. The van der Waals surface area contributed by atoms with Gasteiger partial charge in [0.15, 0.2) is 5.76 Å². The number of hydrogen-bond donors (Lipinski definition) is 1. The maximum atomic E-state index is 12.3. The number of carboxylic acids is 1. The first-order valence-corrected chi connectivity index (χ1v) is 8.48. The molecule has 1 aromatic rings. The minimum Gasteiger partial charge on any atom is -0.478 e. The third-order valence-corrected chi connectivity index (χ3v) is 4.58. The number of ether oxygens (including phenoxy) is 2. The van der Waals surface area contributed by atoms with Crippen LogP contribution >= 0.6 is 0 Å². The predicted molar refractivity (Wildman–Crippen MR) is 84.1 cm³/mol. The molecular weight excluding hydrogens is 314 g/mol. The first-order chi connectivity index (χ1) is 11.6. The number of amides is 1. The highest BCUT2D eigenvalue weighted by molar-refractivity contribution is 5.95. The fourth-order valence-electron chi connectivity index (χ4n) is 3.12. The molecule has 2 aliphatic rings. The Morgan fingerprint density at radius 3 is 2.67 bits per heavy atom. The highest BCUT2D eigenvalue weighted by Gasteiger charge is 2.27. The van der Waals surface area contributed by atoms with E-state index in [0.717, 1.165) is 38.6 Å². The Bertz CT molecular complexity index is 569. The van der Waals surface area contributed by atoms with Crippen molar-refractivity contribution in [3.8, 4) is 0 Å². The smallest absolute Gasteiger partial charge is 0.338 e. The molecule has 2 fully saturated rings. The van der Waals surface area contributed by atoms with Crippen LogP contribution < -0.4 is 0 Å². The Hall–Kier alpha value is -1.86. The highest BCUT2D eigenvalue weighted by atomic mass is 16.5. The van der Waals surface area contributed by atoms with E-state index in [1.807, 2.05) is 0 Å². The molecule has 2 saturated heterocycles. The van der Waals surface area contributed by atoms with E-state index in [2.05, 4.69) is 0 Å². The average molecular weight is 337 g/mol. The Morgan fingerprint density at radius 2 is 2.04 bits per heavy atom. The van der Waals surface area contributed by atoms with Gasteiger partial charge in [-0.05, 0) is 32.1 Å². The van der Waals surface area contributed by atoms with Crippen molar-refractivity contribution in [2.75, 3.05) is 26.3 Å². The summed E-state index contributed by atoms with van der Waals surface area (Å²) in [5.41, 5.74) is -0.0101. The summed E-state index contributed by atoms with van der Waals surface area (Å²) >= 11 is 0. The van der Waals surface area contributed by atoms with Crippen LogP contribution in [0.3, 0.4) is 0 Å². The highest BCUT2D eigenvalue weighted by Crippen LogP contribution is 2.20. The van der Waals surface area contributed by atoms with Crippen LogP contribution in [0.5, 0.6) is 0 Å². The van der Waals surface area contributed by atoms with Crippen molar-refractivity contribution >= 4 is 11.9 Å². The number of carbonyl (C=O) groups is 2. The lowest BCUT2D eigenvalue weighted by molar-refractivity contribution is -0.0734. The molecule has 0 saturated carbocycles. The zero-order valence-electron chi connectivity index (χ0n) is 13.6. The average Bonchev–Trinajstić information content (AvgIpc) is 3.11. The van der Waals surface area contributed by atoms with Gasteiger partial charge in [0, 0.05) is 25.8 Å². The minimum absolute atomic E-state index is 0.0101. The van der Waals surface area contributed by atoms with Crippen molar-refractivity contribution in [3.63, 3.8) is 0 Å². The van der Waals surface area contributed by atoms with Gasteiger partial charge in [-0.25, -0.2) is 4.79 Å². The second-order valence-corrected chi connectivity index (χ2v) is 6.32. The van der Waals surface area contributed by atoms with Gasteiger partial charge >= 0.3 is 5.97 Å². The molecule has 0 radical (unpaired) electrons. The Balaban J connectivity index is 1.43. The van der Waals surface area contributed by atoms with Crippen LogP contribution in [-0.2, 0) is 9.47 Å². The van der Waals surface area contributed by atoms with Crippen LogP contribution in [-0.4, -0.2) is 60.4 Å². The van der Waals surface area contributed by atoms with Crippen molar-refractivity contribution in [2.45, 2.75) is 44.3 Å². The van der Waals surface area contributed by atoms with E-state index in [-0.39, 0.29) is 29.4 Å². The zero-order chi connectivity index (χ0) is 16.9. The summed E-state index contributed by atoms with van der Waals surface area (Å²) in [5.74, 6) is -1.30. The second-order valence-electron chi connectivity index (χ2n) is 6.32. The lowest BCUT2D eigenvalue weighted by Crippen LogP contribution is -2.41. The molecule has 24 heavy (non-hydrogen) atoms. The number of carbonyl (C=O) groups excluding carboxylic acids is 1. The number of hydrogen-bond acceptors (Lipinski definition) is 5. The third kappa shape index (κ3) is 4.15. The molecule has 1 amide bonds. The largest absolute Gasteiger partial charge is 0.478 e. The van der Waals surface area contributed by atoms with Gasteiger partial charge in [-0.1, -0.05) is 0 Å². The van der Waals surface area contributed by atoms with Crippen molar-refractivity contribution in [2.24, 2.45) is 0 Å². The molecule has 3 rings (SSSR count). The molecule has 0 aliphatic carbocycles. The Labute approximate surface area is 140 Å². The van der Waals surface area contributed by atoms with Gasteiger partial charge in [-0.2, -0.15) is 0 Å². The van der Waals surface area contributed by atoms with Gasteiger partial charge in [-0.15, -0.1) is 0 Å². The third-order valence-electron chi connectivity index (χ3n) is 4.58. The normalized spacial score (nSPS) is 22.5. The molecule has 1 unspecified atom stereocenters. The molecule has 0 bridgehead atoms. The van der Waals surface area contributed by atoms with Crippen LogP contribution in [0.25, 0.3) is 0 Å². The second kappa shape index (κ2) is 7.81. The number of likely N-dealkylation sites (tertiary alicyclic amines) is 1. The quantitative estimate of drug-likeness (QED) is 0.886. The van der Waals surface area contributed by atoms with Crippen LogP contribution in [0.1, 0.15) is 53.0 Å². The molecule has 2 aliphatic heterocycles. The molecule has 0 spiro atoms. The van der Waals surface area contributed by atoms with Crippen molar-refractivity contribution in [1.82, 2.24) is 4.90 Å². The van der Waals surface area contributed by atoms with Gasteiger partial charge < -0.3 is 23.9 Å². The monoisotopic (exact) mass is 337 g/mol. The molecule has 1 atom stereocenters. The number of carboxylic acid groups (broad SMARTS) is 1. The Kier molecular flexibility index (Phi) is 5.52. The van der Waals surface area contributed by atoms with E-state index in [9.17, 15) is 9.59 Å². The summed E-state index contributed by atoms with van der Waals surface area (Å²) in [5, 5.41) is 8.88. The number of nitrogens with zero attached hydrogens (tertiary/aromatic N) is 1. The summed E-state index contributed by atoms with van der Waals surface area (Å²) in [6.07, 6.45) is 6.37. The molecule has 1 aromatic heterocycles. The topological polar surface area (TPSA) is 89.2 Å². The molecule has 7 heteroatoms. The number of furan rings is 1. The van der Waals surface area contributed by atoms with E-state index in [1.54, 1.807) is 4.90 Å². The molecule has 7 nitrogen and oxygen atoms in total. The lowest BCUT2D eigenvalue weighted by Gasteiger charge is -2.32. The summed E-state index contributed by atoms with van der Waals surface area (Å²) in [6, 6.07) is 1.27. The summed E-state index contributed by atoms with van der Waals surface area (Å²) in [4.78, 5) is 24.9. The fraction of sp³-hybridized carbons (Fsp3) is 0.647. The maximum Gasteiger partial charge on any atom is 0.338 e. The molecule has 1 N–H and O–H groups in total. The van der Waals surface area contributed by atoms with Gasteiger partial charge in [0.2, 0.25) is 0 Å². The van der Waals surface area contributed by atoms with Crippen molar-refractivity contribution in [1.29, 1.82) is 0 Å². The van der Waals surface area contributed by atoms with E-state index >= 15 is 0 Å². The number of rotatable bonds is 5. The fourth-order valence-corrected chi connectivity index (χ4v) is 3.12. The van der Waals surface area contributed by atoms with Crippen LogP contribution in [0.2, 0.25) is 0 Å². The lowest BCUT2D eigenvalue weighted by atomic mass is 10.1. The molecular formula is C17H23NO6. The van der Waals surface area contributed by atoms with E-state index < -0.39 is 5.97 Å². The molecule has 0 aromatic carbocycles. The van der Waals surface area contributed by atoms with Crippen molar-refractivity contribution in [3.05, 3.63) is 23.7 Å². The first-order valence-electron chi connectivity index (χ1n) is 8.48. The minimum atomic E-state index is -1.10. The summed E-state index contributed by atoms with van der Waals surface area (Å²) < 4.78 is 16.7. The van der Waals surface area contributed by atoms with E-state index in [1.165, 1.54) is 12.5 Å².